The third-order valence-corrected chi connectivity index (χ3v) is 3.50. The molecular formula is C20H24N2O2. The predicted molar refractivity (Wildman–Crippen MR) is 97.3 cm³/mol. The van der Waals surface area contributed by atoms with E-state index in [0.717, 1.165) is 18.4 Å². The van der Waals surface area contributed by atoms with E-state index in [2.05, 4.69) is 22.4 Å². The van der Waals surface area contributed by atoms with Gasteiger partial charge >= 0.3 is 0 Å². The maximum atomic E-state index is 12.3. The van der Waals surface area contributed by atoms with Gasteiger partial charge in [-0.3, -0.25) is 10.1 Å². The number of ether oxygens (including phenoxy) is 1. The van der Waals surface area contributed by atoms with Crippen molar-refractivity contribution < 1.29 is 9.53 Å². The number of aliphatic imine (C=N–C) groups is 1. The fourth-order valence-corrected chi connectivity index (χ4v) is 2.32. The number of amidine groups is 1. The fraction of sp³-hybridized carbons (Fsp3) is 0.300. The van der Waals surface area contributed by atoms with Gasteiger partial charge in [-0.05, 0) is 44.4 Å². The highest BCUT2D eigenvalue weighted by atomic mass is 16.5. The van der Waals surface area contributed by atoms with Crippen molar-refractivity contribution in [2.24, 2.45) is 4.99 Å². The number of nitrogens with zero attached hydrogens (tertiary/aromatic N) is 1. The second-order valence-corrected chi connectivity index (χ2v) is 5.53. The Kier molecular flexibility index (Phi) is 7.02. The molecule has 0 saturated heterocycles. The first-order valence-corrected chi connectivity index (χ1v) is 8.28. The van der Waals surface area contributed by atoms with Crippen LogP contribution in [0.25, 0.3) is 0 Å². The van der Waals surface area contributed by atoms with Crippen LogP contribution in [0.4, 0.5) is 0 Å². The van der Waals surface area contributed by atoms with Gasteiger partial charge in [-0.2, -0.15) is 0 Å². The summed E-state index contributed by atoms with van der Waals surface area (Å²) in [5.41, 5.74) is 2.93. The van der Waals surface area contributed by atoms with E-state index in [0.29, 0.717) is 18.7 Å². The Labute approximate surface area is 143 Å². The molecule has 4 nitrogen and oxygen atoms in total. The minimum atomic E-state index is -0.200. The number of hydrogen-bond donors (Lipinski definition) is 1. The first-order valence-electron chi connectivity index (χ1n) is 8.28. The molecule has 0 radical (unpaired) electrons. The zero-order valence-electron chi connectivity index (χ0n) is 14.3. The van der Waals surface area contributed by atoms with Gasteiger partial charge in [0.25, 0.3) is 11.9 Å². The Morgan fingerprint density at radius 1 is 1.12 bits per heavy atom. The zero-order chi connectivity index (χ0) is 17.2. The van der Waals surface area contributed by atoms with Crippen LogP contribution >= 0.6 is 0 Å². The average Bonchev–Trinajstić information content (AvgIpc) is 2.59. The van der Waals surface area contributed by atoms with E-state index >= 15 is 0 Å². The smallest absolute Gasteiger partial charge is 0.291 e. The van der Waals surface area contributed by atoms with Gasteiger partial charge in [-0.1, -0.05) is 48.0 Å². The van der Waals surface area contributed by atoms with Crippen LogP contribution in [0.1, 0.15) is 34.8 Å². The van der Waals surface area contributed by atoms with Gasteiger partial charge in [0.15, 0.2) is 0 Å². The Morgan fingerprint density at radius 2 is 1.92 bits per heavy atom. The zero-order valence-corrected chi connectivity index (χ0v) is 14.3. The van der Waals surface area contributed by atoms with E-state index in [1.54, 1.807) is 6.07 Å². The molecule has 2 aromatic carbocycles. The van der Waals surface area contributed by atoms with Crippen LogP contribution in [-0.4, -0.2) is 25.1 Å². The van der Waals surface area contributed by atoms with Crippen molar-refractivity contribution in [3.8, 4) is 0 Å². The largest absolute Gasteiger partial charge is 0.465 e. The molecular weight excluding hydrogens is 300 g/mol. The Morgan fingerprint density at radius 3 is 2.62 bits per heavy atom. The van der Waals surface area contributed by atoms with Crippen LogP contribution in [0, 0.1) is 6.92 Å². The second kappa shape index (κ2) is 9.50. The third kappa shape index (κ3) is 5.88. The summed E-state index contributed by atoms with van der Waals surface area (Å²) < 4.78 is 5.43. The van der Waals surface area contributed by atoms with Crippen LogP contribution in [0.2, 0.25) is 0 Å². The average molecular weight is 324 g/mol. The minimum Gasteiger partial charge on any atom is -0.465 e. The standard InChI is InChI=1S/C20H24N2O2/c1-3-24-20(21-14-8-12-17-10-5-4-6-11-17)22-19(23)18-13-7-9-16(2)15-18/h4-7,9-11,13,15H,3,8,12,14H2,1-2H3,(H,21,22,23). The molecule has 0 aliphatic rings. The highest BCUT2D eigenvalue weighted by Gasteiger charge is 2.09. The lowest BCUT2D eigenvalue weighted by Gasteiger charge is -2.09. The Hall–Kier alpha value is -2.62. The summed E-state index contributed by atoms with van der Waals surface area (Å²) in [5.74, 6) is -0.200. The van der Waals surface area contributed by atoms with E-state index in [4.69, 9.17) is 4.74 Å². The van der Waals surface area contributed by atoms with Crippen molar-refractivity contribution in [2.45, 2.75) is 26.7 Å². The minimum absolute atomic E-state index is 0.200. The molecule has 4 heteroatoms. The number of hydrogen-bond acceptors (Lipinski definition) is 3. The number of amides is 1. The summed E-state index contributed by atoms with van der Waals surface area (Å²) >= 11 is 0. The van der Waals surface area contributed by atoms with E-state index in [9.17, 15) is 4.79 Å². The molecule has 0 aromatic heterocycles. The van der Waals surface area contributed by atoms with Crippen molar-refractivity contribution in [2.75, 3.05) is 13.2 Å². The number of aryl methyl sites for hydroxylation is 2. The van der Waals surface area contributed by atoms with Crippen molar-refractivity contribution in [1.82, 2.24) is 5.32 Å². The maximum Gasteiger partial charge on any atom is 0.291 e. The lowest BCUT2D eigenvalue weighted by Crippen LogP contribution is -2.32. The monoisotopic (exact) mass is 324 g/mol. The molecule has 0 spiro atoms. The summed E-state index contributed by atoms with van der Waals surface area (Å²) in [6.45, 7) is 4.90. The van der Waals surface area contributed by atoms with Crippen molar-refractivity contribution >= 4 is 11.9 Å². The molecule has 0 aliphatic carbocycles. The normalized spacial score (nSPS) is 11.2. The number of carbonyl (C=O) groups excluding carboxylic acids is 1. The molecule has 126 valence electrons. The van der Waals surface area contributed by atoms with E-state index in [-0.39, 0.29) is 11.9 Å². The molecule has 2 rings (SSSR count). The molecule has 1 N–H and O–H groups in total. The van der Waals surface area contributed by atoms with Crippen LogP contribution < -0.4 is 5.32 Å². The first kappa shape index (κ1) is 17.7. The Bertz CT molecular complexity index is 681. The summed E-state index contributed by atoms with van der Waals surface area (Å²) in [7, 11) is 0. The molecule has 0 unspecified atom stereocenters. The summed E-state index contributed by atoms with van der Waals surface area (Å²) in [4.78, 5) is 16.6. The molecule has 0 aliphatic heterocycles. The van der Waals surface area contributed by atoms with E-state index < -0.39 is 0 Å². The quantitative estimate of drug-likeness (QED) is 0.500. The number of benzene rings is 2. The van der Waals surface area contributed by atoms with Gasteiger partial charge in [0.05, 0.1) is 6.61 Å². The summed E-state index contributed by atoms with van der Waals surface area (Å²) in [6, 6.07) is 18.0. The summed E-state index contributed by atoms with van der Waals surface area (Å²) in [5, 5.41) is 2.75. The number of nitrogens with one attached hydrogen (secondary N) is 1. The van der Waals surface area contributed by atoms with Gasteiger partial charge in [0.2, 0.25) is 0 Å². The second-order valence-electron chi connectivity index (χ2n) is 5.53. The third-order valence-electron chi connectivity index (χ3n) is 3.50. The molecule has 24 heavy (non-hydrogen) atoms. The van der Waals surface area contributed by atoms with Gasteiger partial charge in [0.1, 0.15) is 0 Å². The van der Waals surface area contributed by atoms with Crippen molar-refractivity contribution in [1.29, 1.82) is 0 Å². The highest BCUT2D eigenvalue weighted by molar-refractivity contribution is 6.04. The molecule has 1 amide bonds. The lowest BCUT2D eigenvalue weighted by molar-refractivity contribution is 0.0966. The maximum absolute atomic E-state index is 12.3. The highest BCUT2D eigenvalue weighted by Crippen LogP contribution is 2.04. The number of rotatable bonds is 6. The van der Waals surface area contributed by atoms with Gasteiger partial charge in [-0.25, -0.2) is 4.99 Å². The van der Waals surface area contributed by atoms with Crippen molar-refractivity contribution in [3.63, 3.8) is 0 Å². The van der Waals surface area contributed by atoms with Crippen molar-refractivity contribution in [3.05, 3.63) is 71.3 Å². The molecule has 0 fully saturated rings. The molecule has 0 saturated carbocycles. The topological polar surface area (TPSA) is 50.7 Å². The van der Waals surface area contributed by atoms with Crippen LogP contribution in [0.5, 0.6) is 0 Å². The van der Waals surface area contributed by atoms with E-state index in [1.807, 2.05) is 50.2 Å². The number of carbonyl (C=O) groups is 1. The summed E-state index contributed by atoms with van der Waals surface area (Å²) in [6.07, 6.45) is 1.86. The molecule has 0 heterocycles. The lowest BCUT2D eigenvalue weighted by atomic mass is 10.1. The van der Waals surface area contributed by atoms with Gasteiger partial charge in [-0.15, -0.1) is 0 Å². The molecule has 0 atom stereocenters. The predicted octanol–water partition coefficient (Wildman–Crippen LogP) is 3.75. The fourth-order valence-electron chi connectivity index (χ4n) is 2.32. The van der Waals surface area contributed by atoms with Crippen LogP contribution in [0.3, 0.4) is 0 Å². The molecule has 2 aromatic rings. The van der Waals surface area contributed by atoms with Gasteiger partial charge < -0.3 is 4.74 Å². The SMILES string of the molecule is CCOC(=NCCCc1ccccc1)NC(=O)c1cccc(C)c1. The van der Waals surface area contributed by atoms with Crippen LogP contribution in [0.15, 0.2) is 59.6 Å². The van der Waals surface area contributed by atoms with Gasteiger partial charge in [0, 0.05) is 12.1 Å². The first-order chi connectivity index (χ1) is 11.7. The Balaban J connectivity index is 1.89. The van der Waals surface area contributed by atoms with Crippen LogP contribution in [-0.2, 0) is 11.2 Å². The van der Waals surface area contributed by atoms with E-state index in [1.165, 1.54) is 5.56 Å². The molecule has 0 bridgehead atoms.